The highest BCUT2D eigenvalue weighted by Crippen LogP contribution is 2.17. The van der Waals surface area contributed by atoms with Gasteiger partial charge >= 0.3 is 5.69 Å². The SMILES string of the molecule is CCOc1ccc([C@H](C)NC(=O)Cn2c(=O)c3c(ncn3C)n(C)c2=O)cc1. The van der Waals surface area contributed by atoms with Gasteiger partial charge in [-0.3, -0.25) is 14.2 Å². The molecule has 28 heavy (non-hydrogen) atoms. The second kappa shape index (κ2) is 7.71. The Bertz CT molecular complexity index is 1120. The van der Waals surface area contributed by atoms with Crippen molar-refractivity contribution in [2.24, 2.45) is 14.1 Å². The third-order valence-corrected chi connectivity index (χ3v) is 4.57. The highest BCUT2D eigenvalue weighted by Gasteiger charge is 2.18. The summed E-state index contributed by atoms with van der Waals surface area (Å²) in [5.41, 5.74) is 0.326. The first kappa shape index (κ1) is 19.4. The topological polar surface area (TPSA) is 100 Å². The normalized spacial score (nSPS) is 12.1. The Morgan fingerprint density at radius 2 is 1.89 bits per heavy atom. The largest absolute Gasteiger partial charge is 0.494 e. The van der Waals surface area contributed by atoms with E-state index in [1.807, 2.05) is 38.1 Å². The molecule has 0 bridgehead atoms. The molecule has 0 saturated carbocycles. The van der Waals surface area contributed by atoms with Crippen LogP contribution in [0.15, 0.2) is 40.2 Å². The summed E-state index contributed by atoms with van der Waals surface area (Å²) >= 11 is 0. The van der Waals surface area contributed by atoms with Gasteiger partial charge in [0.2, 0.25) is 5.91 Å². The van der Waals surface area contributed by atoms with Gasteiger partial charge in [0.15, 0.2) is 11.2 Å². The number of amides is 1. The van der Waals surface area contributed by atoms with Crippen molar-refractivity contribution in [3.8, 4) is 5.75 Å². The van der Waals surface area contributed by atoms with Crippen molar-refractivity contribution in [2.75, 3.05) is 6.61 Å². The summed E-state index contributed by atoms with van der Waals surface area (Å²) < 4.78 is 9.13. The van der Waals surface area contributed by atoms with Gasteiger partial charge in [-0.15, -0.1) is 0 Å². The van der Waals surface area contributed by atoms with E-state index in [4.69, 9.17) is 4.74 Å². The molecule has 0 fully saturated rings. The van der Waals surface area contributed by atoms with Gasteiger partial charge in [-0.25, -0.2) is 14.3 Å². The summed E-state index contributed by atoms with van der Waals surface area (Å²) in [6, 6.07) is 7.10. The Morgan fingerprint density at radius 1 is 1.21 bits per heavy atom. The molecule has 3 aromatic rings. The molecule has 0 aliphatic rings. The molecule has 1 aromatic carbocycles. The van der Waals surface area contributed by atoms with Crippen LogP contribution in [0.25, 0.3) is 11.2 Å². The van der Waals surface area contributed by atoms with Crippen molar-refractivity contribution < 1.29 is 9.53 Å². The molecule has 3 rings (SSSR count). The number of hydrogen-bond donors (Lipinski definition) is 1. The van der Waals surface area contributed by atoms with E-state index < -0.39 is 17.2 Å². The summed E-state index contributed by atoms with van der Waals surface area (Å²) in [5.74, 6) is 0.325. The van der Waals surface area contributed by atoms with Gasteiger partial charge < -0.3 is 14.6 Å². The fourth-order valence-corrected chi connectivity index (χ4v) is 3.07. The molecule has 0 radical (unpaired) electrons. The lowest BCUT2D eigenvalue weighted by molar-refractivity contribution is -0.122. The van der Waals surface area contributed by atoms with Crippen molar-refractivity contribution in [1.29, 1.82) is 0 Å². The minimum absolute atomic E-state index is 0.273. The van der Waals surface area contributed by atoms with Crippen molar-refractivity contribution >= 4 is 17.1 Å². The van der Waals surface area contributed by atoms with Crippen molar-refractivity contribution in [1.82, 2.24) is 24.0 Å². The lowest BCUT2D eigenvalue weighted by Crippen LogP contribution is -2.43. The number of rotatable bonds is 6. The van der Waals surface area contributed by atoms with Crippen LogP contribution >= 0.6 is 0 Å². The predicted octanol–water partition coefficient (Wildman–Crippen LogP) is 0.710. The second-order valence-electron chi connectivity index (χ2n) is 6.55. The molecule has 0 spiro atoms. The number of aromatic nitrogens is 4. The summed E-state index contributed by atoms with van der Waals surface area (Å²) in [6.07, 6.45) is 1.46. The van der Waals surface area contributed by atoms with E-state index in [2.05, 4.69) is 10.3 Å². The molecular weight excluding hydrogens is 362 g/mol. The number of imidazole rings is 1. The summed E-state index contributed by atoms with van der Waals surface area (Å²) in [4.78, 5) is 41.7. The maximum atomic E-state index is 12.7. The maximum Gasteiger partial charge on any atom is 0.332 e. The van der Waals surface area contributed by atoms with Crippen LogP contribution in [0.2, 0.25) is 0 Å². The smallest absolute Gasteiger partial charge is 0.332 e. The number of nitrogens with one attached hydrogen (secondary N) is 1. The van der Waals surface area contributed by atoms with E-state index in [9.17, 15) is 14.4 Å². The van der Waals surface area contributed by atoms with Crippen LogP contribution in [0.4, 0.5) is 0 Å². The highest BCUT2D eigenvalue weighted by molar-refractivity contribution is 5.77. The first-order valence-electron chi connectivity index (χ1n) is 8.96. The van der Waals surface area contributed by atoms with Crippen LogP contribution in [0.5, 0.6) is 5.75 Å². The van der Waals surface area contributed by atoms with Crippen LogP contribution in [0.3, 0.4) is 0 Å². The van der Waals surface area contributed by atoms with Crippen LogP contribution in [-0.4, -0.2) is 31.2 Å². The Hall–Kier alpha value is -3.36. The minimum Gasteiger partial charge on any atom is -0.494 e. The zero-order chi connectivity index (χ0) is 20.4. The van der Waals surface area contributed by atoms with E-state index >= 15 is 0 Å². The van der Waals surface area contributed by atoms with Gasteiger partial charge in [0.25, 0.3) is 5.56 Å². The molecule has 2 heterocycles. The van der Waals surface area contributed by atoms with Gasteiger partial charge in [-0.05, 0) is 31.5 Å². The molecule has 2 aromatic heterocycles. The van der Waals surface area contributed by atoms with E-state index in [0.717, 1.165) is 15.9 Å². The molecule has 1 amide bonds. The molecule has 9 nitrogen and oxygen atoms in total. The molecule has 0 saturated heterocycles. The quantitative estimate of drug-likeness (QED) is 0.674. The van der Waals surface area contributed by atoms with Gasteiger partial charge in [0.1, 0.15) is 12.3 Å². The van der Waals surface area contributed by atoms with Crippen molar-refractivity contribution in [3.05, 3.63) is 57.0 Å². The number of nitrogens with zero attached hydrogens (tertiary/aromatic N) is 4. The van der Waals surface area contributed by atoms with Gasteiger partial charge in [0.05, 0.1) is 19.0 Å². The lowest BCUT2D eigenvalue weighted by atomic mass is 10.1. The van der Waals surface area contributed by atoms with Crippen LogP contribution in [-0.2, 0) is 25.4 Å². The van der Waals surface area contributed by atoms with E-state index in [1.165, 1.54) is 22.5 Å². The molecule has 148 valence electrons. The highest BCUT2D eigenvalue weighted by atomic mass is 16.5. The average Bonchev–Trinajstić information content (AvgIpc) is 3.06. The fourth-order valence-electron chi connectivity index (χ4n) is 3.07. The molecule has 9 heteroatoms. The van der Waals surface area contributed by atoms with Crippen molar-refractivity contribution in [3.63, 3.8) is 0 Å². The zero-order valence-electron chi connectivity index (χ0n) is 16.3. The third-order valence-electron chi connectivity index (χ3n) is 4.57. The van der Waals surface area contributed by atoms with E-state index in [-0.39, 0.29) is 23.8 Å². The van der Waals surface area contributed by atoms with Crippen LogP contribution in [0, 0.1) is 0 Å². The Kier molecular flexibility index (Phi) is 5.34. The lowest BCUT2D eigenvalue weighted by Gasteiger charge is -2.16. The molecule has 0 aliphatic heterocycles. The summed E-state index contributed by atoms with van der Waals surface area (Å²) in [7, 11) is 3.19. The Balaban J connectivity index is 1.80. The minimum atomic E-state index is -0.583. The first-order chi connectivity index (χ1) is 13.3. The predicted molar refractivity (Wildman–Crippen MR) is 104 cm³/mol. The summed E-state index contributed by atoms with van der Waals surface area (Å²) in [5, 5.41) is 2.82. The van der Waals surface area contributed by atoms with Crippen LogP contribution < -0.4 is 21.3 Å². The number of benzene rings is 1. The third kappa shape index (κ3) is 3.55. The molecule has 1 N–H and O–H groups in total. The molecular formula is C19H23N5O4. The number of carbonyl (C=O) groups excluding carboxylic acids is 1. The fraction of sp³-hybridized carbons (Fsp3) is 0.368. The number of ether oxygens (including phenoxy) is 1. The Morgan fingerprint density at radius 3 is 2.54 bits per heavy atom. The van der Waals surface area contributed by atoms with E-state index in [1.54, 1.807) is 7.05 Å². The number of hydrogen-bond acceptors (Lipinski definition) is 5. The zero-order valence-corrected chi connectivity index (χ0v) is 16.3. The monoisotopic (exact) mass is 385 g/mol. The molecule has 0 aliphatic carbocycles. The Labute approximate surface area is 161 Å². The second-order valence-corrected chi connectivity index (χ2v) is 6.55. The average molecular weight is 385 g/mol. The maximum absolute atomic E-state index is 12.7. The van der Waals surface area contributed by atoms with Gasteiger partial charge in [0, 0.05) is 14.1 Å². The van der Waals surface area contributed by atoms with Gasteiger partial charge in [-0.1, -0.05) is 12.1 Å². The molecule has 1 atom stereocenters. The standard InChI is InChI=1S/C19H23N5O4/c1-5-28-14-8-6-13(7-9-14)12(2)21-15(25)10-24-18(26)16-17(20-11-22(16)3)23(4)19(24)27/h6-9,11-12H,5,10H2,1-4H3,(H,21,25)/t12-/m0/s1. The molecule has 0 unspecified atom stereocenters. The van der Waals surface area contributed by atoms with Crippen molar-refractivity contribution in [2.45, 2.75) is 26.4 Å². The first-order valence-corrected chi connectivity index (χ1v) is 8.96. The van der Waals surface area contributed by atoms with Gasteiger partial charge in [-0.2, -0.15) is 0 Å². The number of aryl methyl sites for hydroxylation is 2. The number of carbonyl (C=O) groups is 1. The van der Waals surface area contributed by atoms with E-state index in [0.29, 0.717) is 6.61 Å². The summed E-state index contributed by atoms with van der Waals surface area (Å²) in [6.45, 7) is 3.95. The van der Waals surface area contributed by atoms with Crippen LogP contribution in [0.1, 0.15) is 25.5 Å². The number of fused-ring (bicyclic) bond motifs is 1.